The van der Waals surface area contributed by atoms with Crippen molar-refractivity contribution in [1.29, 1.82) is 0 Å². The molecule has 29 heavy (non-hydrogen) atoms. The Labute approximate surface area is 170 Å². The van der Waals surface area contributed by atoms with Crippen LogP contribution in [-0.4, -0.2) is 35.8 Å². The predicted molar refractivity (Wildman–Crippen MR) is 116 cm³/mol. The van der Waals surface area contributed by atoms with Crippen LogP contribution in [0.5, 0.6) is 0 Å². The van der Waals surface area contributed by atoms with Gasteiger partial charge in [0.2, 0.25) is 5.91 Å². The maximum absolute atomic E-state index is 12.8. The Morgan fingerprint density at radius 2 is 1.55 bits per heavy atom. The molecule has 0 atom stereocenters. The number of rotatable bonds is 4. The minimum absolute atomic E-state index is 0.0210. The van der Waals surface area contributed by atoms with Gasteiger partial charge in [0.15, 0.2) is 0 Å². The lowest BCUT2D eigenvalue weighted by atomic mass is 10.0. The van der Waals surface area contributed by atoms with Gasteiger partial charge < -0.3 is 10.2 Å². The molecule has 0 unspecified atom stereocenters. The number of carbonyl (C=O) groups excluding carboxylic acids is 2. The van der Waals surface area contributed by atoms with Gasteiger partial charge >= 0.3 is 0 Å². The van der Waals surface area contributed by atoms with Crippen molar-refractivity contribution < 1.29 is 9.59 Å². The highest BCUT2D eigenvalue weighted by molar-refractivity contribution is 6.07. The summed E-state index contributed by atoms with van der Waals surface area (Å²) in [5.74, 6) is -0.0248. The lowest BCUT2D eigenvalue weighted by molar-refractivity contribution is -0.126. The van der Waals surface area contributed by atoms with E-state index in [-0.39, 0.29) is 17.9 Å². The van der Waals surface area contributed by atoms with Gasteiger partial charge in [0.05, 0.1) is 0 Å². The first kappa shape index (κ1) is 18.9. The molecular weight excluding hydrogens is 360 g/mol. The Kier molecular flexibility index (Phi) is 5.71. The Balaban J connectivity index is 1.33. The summed E-state index contributed by atoms with van der Waals surface area (Å²) in [7, 11) is 0. The van der Waals surface area contributed by atoms with Crippen molar-refractivity contribution in [1.82, 2.24) is 10.2 Å². The summed E-state index contributed by atoms with van der Waals surface area (Å²) in [6, 6.07) is 23.6. The van der Waals surface area contributed by atoms with E-state index in [0.717, 1.165) is 29.2 Å². The van der Waals surface area contributed by atoms with Crippen LogP contribution < -0.4 is 5.32 Å². The lowest BCUT2D eigenvalue weighted by Crippen LogP contribution is -2.46. The van der Waals surface area contributed by atoms with Crippen LogP contribution in [0.2, 0.25) is 0 Å². The third kappa shape index (κ3) is 4.54. The summed E-state index contributed by atoms with van der Waals surface area (Å²) in [4.78, 5) is 27.1. The summed E-state index contributed by atoms with van der Waals surface area (Å²) in [5.41, 5.74) is 1.71. The summed E-state index contributed by atoms with van der Waals surface area (Å²) in [6.07, 6.45) is 5.00. The number of piperidine rings is 1. The lowest BCUT2D eigenvalue weighted by Gasteiger charge is -2.31. The van der Waals surface area contributed by atoms with E-state index in [0.29, 0.717) is 18.7 Å². The van der Waals surface area contributed by atoms with Crippen molar-refractivity contribution in [2.24, 2.45) is 0 Å². The number of amides is 2. The number of nitrogens with one attached hydrogen (secondary N) is 1. The molecule has 2 amide bonds. The van der Waals surface area contributed by atoms with Crippen molar-refractivity contribution in [3.05, 3.63) is 90.0 Å². The van der Waals surface area contributed by atoms with Crippen molar-refractivity contribution in [2.75, 3.05) is 13.1 Å². The smallest absolute Gasteiger partial charge is 0.252 e. The molecule has 3 aromatic carbocycles. The van der Waals surface area contributed by atoms with Crippen molar-refractivity contribution >= 4 is 28.7 Å². The fourth-order valence-electron chi connectivity index (χ4n) is 3.77. The first-order chi connectivity index (χ1) is 14.2. The maximum Gasteiger partial charge on any atom is 0.252 e. The second kappa shape index (κ2) is 8.74. The van der Waals surface area contributed by atoms with Gasteiger partial charge in [0.25, 0.3) is 5.91 Å². The topological polar surface area (TPSA) is 49.4 Å². The Bertz CT molecular complexity index is 1030. The SMILES string of the molecule is O=C(NC1CCN(C(=O)/C=C/c2ccccc2)CC1)c1cccc2ccccc12. The van der Waals surface area contributed by atoms with Crippen LogP contribution in [0, 0.1) is 0 Å². The van der Waals surface area contributed by atoms with E-state index >= 15 is 0 Å². The van der Waals surface area contributed by atoms with Crippen LogP contribution >= 0.6 is 0 Å². The molecule has 1 heterocycles. The van der Waals surface area contributed by atoms with E-state index in [4.69, 9.17) is 0 Å². The molecule has 1 aliphatic heterocycles. The van der Waals surface area contributed by atoms with Crippen LogP contribution in [0.25, 0.3) is 16.8 Å². The summed E-state index contributed by atoms with van der Waals surface area (Å²) >= 11 is 0. The minimum Gasteiger partial charge on any atom is -0.349 e. The van der Waals surface area contributed by atoms with Crippen molar-refractivity contribution in [2.45, 2.75) is 18.9 Å². The zero-order valence-corrected chi connectivity index (χ0v) is 16.3. The fraction of sp³-hybridized carbons (Fsp3) is 0.200. The van der Waals surface area contributed by atoms with E-state index in [2.05, 4.69) is 5.32 Å². The highest BCUT2D eigenvalue weighted by Crippen LogP contribution is 2.19. The van der Waals surface area contributed by atoms with Crippen LogP contribution in [0.1, 0.15) is 28.8 Å². The number of hydrogen-bond acceptors (Lipinski definition) is 2. The van der Waals surface area contributed by atoms with E-state index in [1.54, 1.807) is 6.08 Å². The number of benzene rings is 3. The van der Waals surface area contributed by atoms with Gasteiger partial charge in [-0.05, 0) is 41.3 Å². The third-order valence-electron chi connectivity index (χ3n) is 5.39. The molecule has 1 aliphatic rings. The van der Waals surface area contributed by atoms with E-state index < -0.39 is 0 Å². The molecule has 4 rings (SSSR count). The van der Waals surface area contributed by atoms with Gasteiger partial charge in [0, 0.05) is 30.8 Å². The molecule has 0 aliphatic carbocycles. The first-order valence-electron chi connectivity index (χ1n) is 10.0. The molecule has 4 heteroatoms. The standard InChI is InChI=1S/C25H24N2O2/c28-24(14-13-19-7-2-1-3-8-19)27-17-15-21(16-18-27)26-25(29)23-12-6-10-20-9-4-5-11-22(20)23/h1-14,21H,15-18H2,(H,26,29)/b14-13+. The largest absolute Gasteiger partial charge is 0.349 e. The third-order valence-corrected chi connectivity index (χ3v) is 5.39. The maximum atomic E-state index is 12.8. The summed E-state index contributed by atoms with van der Waals surface area (Å²) < 4.78 is 0. The molecule has 1 fully saturated rings. The highest BCUT2D eigenvalue weighted by Gasteiger charge is 2.23. The van der Waals surface area contributed by atoms with Gasteiger partial charge in [0.1, 0.15) is 0 Å². The molecule has 4 nitrogen and oxygen atoms in total. The van der Waals surface area contributed by atoms with Crippen LogP contribution in [0.15, 0.2) is 78.9 Å². The average Bonchev–Trinajstić information content (AvgIpc) is 2.78. The molecule has 0 aromatic heterocycles. The number of hydrogen-bond donors (Lipinski definition) is 1. The van der Waals surface area contributed by atoms with Gasteiger partial charge in [-0.1, -0.05) is 66.7 Å². The van der Waals surface area contributed by atoms with E-state index in [9.17, 15) is 9.59 Å². The molecular formula is C25H24N2O2. The van der Waals surface area contributed by atoms with Gasteiger partial charge in [-0.3, -0.25) is 9.59 Å². The number of nitrogens with zero attached hydrogens (tertiary/aromatic N) is 1. The second-order valence-electron chi connectivity index (χ2n) is 7.34. The molecule has 0 spiro atoms. The van der Waals surface area contributed by atoms with E-state index in [1.165, 1.54) is 0 Å². The van der Waals surface area contributed by atoms with Gasteiger partial charge in [-0.25, -0.2) is 0 Å². The Morgan fingerprint density at radius 3 is 2.34 bits per heavy atom. The van der Waals surface area contributed by atoms with Crippen molar-refractivity contribution in [3.63, 3.8) is 0 Å². The Morgan fingerprint density at radius 1 is 0.862 bits per heavy atom. The average molecular weight is 384 g/mol. The normalized spacial score (nSPS) is 15.0. The van der Waals surface area contributed by atoms with Gasteiger partial charge in [-0.2, -0.15) is 0 Å². The molecule has 1 saturated heterocycles. The predicted octanol–water partition coefficient (Wildman–Crippen LogP) is 4.27. The van der Waals surface area contributed by atoms with E-state index in [1.807, 2.05) is 83.8 Å². The molecule has 0 saturated carbocycles. The molecule has 3 aromatic rings. The second-order valence-corrected chi connectivity index (χ2v) is 7.34. The first-order valence-corrected chi connectivity index (χ1v) is 10.0. The quantitative estimate of drug-likeness (QED) is 0.683. The Hall–Kier alpha value is -3.40. The summed E-state index contributed by atoms with van der Waals surface area (Å²) in [5, 5.41) is 5.17. The minimum atomic E-state index is -0.0458. The number of fused-ring (bicyclic) bond motifs is 1. The fourth-order valence-corrected chi connectivity index (χ4v) is 3.77. The molecule has 0 bridgehead atoms. The monoisotopic (exact) mass is 384 g/mol. The van der Waals surface area contributed by atoms with Gasteiger partial charge in [-0.15, -0.1) is 0 Å². The molecule has 0 radical (unpaired) electrons. The number of likely N-dealkylation sites (tertiary alicyclic amines) is 1. The summed E-state index contributed by atoms with van der Waals surface area (Å²) in [6.45, 7) is 1.30. The van der Waals surface area contributed by atoms with Crippen LogP contribution in [0.4, 0.5) is 0 Å². The molecule has 1 N–H and O–H groups in total. The zero-order chi connectivity index (χ0) is 20.1. The number of carbonyl (C=O) groups is 2. The van der Waals surface area contributed by atoms with Crippen LogP contribution in [0.3, 0.4) is 0 Å². The van der Waals surface area contributed by atoms with Crippen molar-refractivity contribution in [3.8, 4) is 0 Å². The molecule has 146 valence electrons. The highest BCUT2D eigenvalue weighted by atomic mass is 16.2. The zero-order valence-electron chi connectivity index (χ0n) is 16.3. The van der Waals surface area contributed by atoms with Crippen LogP contribution in [-0.2, 0) is 4.79 Å².